The Morgan fingerprint density at radius 2 is 2.07 bits per heavy atom. The first-order valence-electron chi connectivity index (χ1n) is 8.81. The van der Waals surface area contributed by atoms with Crippen molar-refractivity contribution >= 4 is 5.78 Å². The number of Topliss-reactive ketones (excluding diaryl/α,β-unsaturated/α-hetero) is 1. The minimum atomic E-state index is -0.538. The van der Waals surface area contributed by atoms with Crippen molar-refractivity contribution in [3.05, 3.63) is 52.1 Å². The van der Waals surface area contributed by atoms with Crippen LogP contribution in [-0.4, -0.2) is 20.0 Å². The fraction of sp³-hybridized carbons (Fsp3) is 0.429. The molecule has 6 heteroatoms. The number of nitrogens with two attached hydrogens (primary N) is 1. The van der Waals surface area contributed by atoms with Crippen molar-refractivity contribution < 1.29 is 19.0 Å². The summed E-state index contributed by atoms with van der Waals surface area (Å²) in [4.78, 5) is 13.0. The highest BCUT2D eigenvalue weighted by Crippen LogP contribution is 2.48. The number of rotatable bonds is 4. The number of methoxy groups -OCH3 is 2. The van der Waals surface area contributed by atoms with Crippen LogP contribution in [0.15, 0.2) is 41.0 Å². The number of nitrogens with zero attached hydrogens (tertiary/aromatic N) is 1. The van der Waals surface area contributed by atoms with E-state index in [1.165, 1.54) is 0 Å². The van der Waals surface area contributed by atoms with Crippen molar-refractivity contribution in [1.29, 1.82) is 5.26 Å². The average molecular weight is 368 g/mol. The molecular formula is C21H24N2O4. The lowest BCUT2D eigenvalue weighted by molar-refractivity contribution is -0.119. The summed E-state index contributed by atoms with van der Waals surface area (Å²) in [5.74, 6) is 0.783. The Bertz CT molecular complexity index is 890. The van der Waals surface area contributed by atoms with Crippen LogP contribution in [0, 0.1) is 16.7 Å². The van der Waals surface area contributed by atoms with Gasteiger partial charge in [0, 0.05) is 31.1 Å². The summed E-state index contributed by atoms with van der Waals surface area (Å²) in [5.41, 5.74) is 8.28. The van der Waals surface area contributed by atoms with Crippen molar-refractivity contribution in [2.75, 3.05) is 14.2 Å². The maximum atomic E-state index is 13.0. The van der Waals surface area contributed by atoms with E-state index in [0.717, 1.165) is 11.1 Å². The molecule has 1 atom stereocenters. The van der Waals surface area contributed by atoms with Crippen molar-refractivity contribution in [2.45, 2.75) is 39.2 Å². The molecule has 0 saturated heterocycles. The average Bonchev–Trinajstić information content (AvgIpc) is 2.59. The molecule has 1 aromatic rings. The highest BCUT2D eigenvalue weighted by Gasteiger charge is 2.43. The highest BCUT2D eigenvalue weighted by molar-refractivity contribution is 6.00. The summed E-state index contributed by atoms with van der Waals surface area (Å²) in [6, 6.07) is 7.72. The second kappa shape index (κ2) is 7.09. The van der Waals surface area contributed by atoms with Crippen LogP contribution in [0.2, 0.25) is 0 Å². The van der Waals surface area contributed by atoms with Gasteiger partial charge in [0.15, 0.2) is 5.78 Å². The highest BCUT2D eigenvalue weighted by atomic mass is 16.5. The molecule has 1 aliphatic heterocycles. The number of carbonyl (C=O) groups excluding carboxylic acids is 1. The zero-order valence-electron chi connectivity index (χ0n) is 16.1. The molecule has 1 unspecified atom stereocenters. The van der Waals surface area contributed by atoms with Gasteiger partial charge in [-0.3, -0.25) is 4.79 Å². The Hall–Kier alpha value is -2.78. The van der Waals surface area contributed by atoms with E-state index in [9.17, 15) is 10.1 Å². The van der Waals surface area contributed by atoms with Crippen molar-refractivity contribution in [3.63, 3.8) is 0 Å². The standard InChI is InChI=1S/C21H24N2O4/c1-21(2)8-15(24)19-17(9-21)27-20(23)14(10-22)18(19)12-5-6-16(26-4)13(7-12)11-25-3/h5-7,18H,8-9,11,23H2,1-4H3. The topological polar surface area (TPSA) is 94.6 Å². The fourth-order valence-electron chi connectivity index (χ4n) is 3.86. The molecule has 0 aromatic heterocycles. The summed E-state index contributed by atoms with van der Waals surface area (Å²) in [6.07, 6.45) is 1.01. The minimum absolute atomic E-state index is 0.00407. The summed E-state index contributed by atoms with van der Waals surface area (Å²) in [6.45, 7) is 4.40. The molecule has 27 heavy (non-hydrogen) atoms. The van der Waals surface area contributed by atoms with Gasteiger partial charge in [-0.05, 0) is 23.1 Å². The number of hydrogen-bond donors (Lipinski definition) is 1. The summed E-state index contributed by atoms with van der Waals surface area (Å²) < 4.78 is 16.4. The molecule has 0 radical (unpaired) electrons. The normalized spacial score (nSPS) is 21.4. The zero-order chi connectivity index (χ0) is 19.8. The maximum absolute atomic E-state index is 13.0. The van der Waals surface area contributed by atoms with E-state index in [1.54, 1.807) is 14.2 Å². The van der Waals surface area contributed by atoms with Gasteiger partial charge in [0.05, 0.1) is 19.6 Å². The van der Waals surface area contributed by atoms with Gasteiger partial charge in [-0.1, -0.05) is 19.9 Å². The Labute approximate surface area is 159 Å². The largest absolute Gasteiger partial charge is 0.496 e. The van der Waals surface area contributed by atoms with E-state index in [0.29, 0.717) is 36.5 Å². The van der Waals surface area contributed by atoms with Crippen LogP contribution in [0.3, 0.4) is 0 Å². The van der Waals surface area contributed by atoms with Gasteiger partial charge < -0.3 is 19.9 Å². The molecule has 0 spiro atoms. The Morgan fingerprint density at radius 3 is 2.70 bits per heavy atom. The number of ketones is 1. The molecule has 142 valence electrons. The predicted octanol–water partition coefficient (Wildman–Crippen LogP) is 3.29. The monoisotopic (exact) mass is 368 g/mol. The molecule has 6 nitrogen and oxygen atoms in total. The number of carbonyl (C=O) groups is 1. The number of nitriles is 1. The van der Waals surface area contributed by atoms with Gasteiger partial charge >= 0.3 is 0 Å². The Morgan fingerprint density at radius 1 is 1.33 bits per heavy atom. The summed E-state index contributed by atoms with van der Waals surface area (Å²) in [7, 11) is 3.20. The van der Waals surface area contributed by atoms with Crippen LogP contribution in [0.5, 0.6) is 5.75 Å². The fourth-order valence-corrected chi connectivity index (χ4v) is 3.86. The molecule has 2 aliphatic rings. The minimum Gasteiger partial charge on any atom is -0.496 e. The Balaban J connectivity index is 2.17. The smallest absolute Gasteiger partial charge is 0.205 e. The van der Waals surface area contributed by atoms with Crippen LogP contribution in [0.4, 0.5) is 0 Å². The Kier molecular flexibility index (Phi) is 4.99. The van der Waals surface area contributed by atoms with Gasteiger partial charge in [0.25, 0.3) is 0 Å². The third kappa shape index (κ3) is 3.43. The molecule has 1 heterocycles. The molecule has 0 fully saturated rings. The van der Waals surface area contributed by atoms with E-state index in [-0.39, 0.29) is 22.7 Å². The number of allylic oxidation sites excluding steroid dienone is 3. The van der Waals surface area contributed by atoms with E-state index in [2.05, 4.69) is 6.07 Å². The van der Waals surface area contributed by atoms with Crippen molar-refractivity contribution in [1.82, 2.24) is 0 Å². The molecule has 0 amide bonds. The molecular weight excluding hydrogens is 344 g/mol. The van der Waals surface area contributed by atoms with E-state index in [4.69, 9.17) is 19.9 Å². The molecule has 2 N–H and O–H groups in total. The first kappa shape index (κ1) is 19.0. The second-order valence-electron chi connectivity index (χ2n) is 7.71. The molecule has 0 saturated carbocycles. The quantitative estimate of drug-likeness (QED) is 0.876. The van der Waals surface area contributed by atoms with Gasteiger partial charge in [-0.15, -0.1) is 0 Å². The maximum Gasteiger partial charge on any atom is 0.205 e. The number of hydrogen-bond acceptors (Lipinski definition) is 6. The number of ether oxygens (including phenoxy) is 3. The predicted molar refractivity (Wildman–Crippen MR) is 99.4 cm³/mol. The van der Waals surface area contributed by atoms with E-state index in [1.807, 2.05) is 32.0 Å². The van der Waals surface area contributed by atoms with Gasteiger partial charge in [-0.2, -0.15) is 5.26 Å². The van der Waals surface area contributed by atoms with Gasteiger partial charge in [0.2, 0.25) is 5.88 Å². The third-order valence-electron chi connectivity index (χ3n) is 5.01. The lowest BCUT2D eigenvalue weighted by Crippen LogP contribution is -2.33. The molecule has 1 aromatic carbocycles. The summed E-state index contributed by atoms with van der Waals surface area (Å²) in [5, 5.41) is 9.69. The van der Waals surface area contributed by atoms with E-state index >= 15 is 0 Å². The molecule has 1 aliphatic carbocycles. The van der Waals surface area contributed by atoms with Crippen LogP contribution in [-0.2, 0) is 20.9 Å². The van der Waals surface area contributed by atoms with Gasteiger partial charge in [0.1, 0.15) is 23.2 Å². The SMILES string of the molecule is COCc1cc(C2C(C#N)=C(N)OC3=C2C(=O)CC(C)(C)C3)ccc1OC. The molecule has 0 bridgehead atoms. The van der Waals surface area contributed by atoms with Crippen LogP contribution in [0.1, 0.15) is 43.7 Å². The van der Waals surface area contributed by atoms with Crippen LogP contribution in [0.25, 0.3) is 0 Å². The number of benzene rings is 1. The van der Waals surface area contributed by atoms with Gasteiger partial charge in [-0.25, -0.2) is 0 Å². The lowest BCUT2D eigenvalue weighted by Gasteiger charge is -2.37. The first-order chi connectivity index (χ1) is 12.8. The van der Waals surface area contributed by atoms with Crippen LogP contribution < -0.4 is 10.5 Å². The van der Waals surface area contributed by atoms with Crippen molar-refractivity contribution in [3.8, 4) is 11.8 Å². The zero-order valence-corrected chi connectivity index (χ0v) is 16.1. The third-order valence-corrected chi connectivity index (χ3v) is 5.01. The first-order valence-corrected chi connectivity index (χ1v) is 8.81. The second-order valence-corrected chi connectivity index (χ2v) is 7.71. The van der Waals surface area contributed by atoms with E-state index < -0.39 is 5.92 Å². The lowest BCUT2D eigenvalue weighted by atomic mass is 9.70. The molecule has 3 rings (SSSR count). The van der Waals surface area contributed by atoms with Crippen LogP contribution >= 0.6 is 0 Å². The summed E-state index contributed by atoms with van der Waals surface area (Å²) >= 11 is 0. The van der Waals surface area contributed by atoms with Crippen molar-refractivity contribution in [2.24, 2.45) is 11.1 Å².